The van der Waals surface area contributed by atoms with Crippen molar-refractivity contribution in [3.63, 3.8) is 0 Å². The molecular formula is C30H32ClFN2O3. The molecule has 0 spiro atoms. The van der Waals surface area contributed by atoms with Crippen LogP contribution in [0.1, 0.15) is 43.2 Å². The Kier molecular flexibility index (Phi) is 9.55. The van der Waals surface area contributed by atoms with Crippen LogP contribution in [0.2, 0.25) is 5.02 Å². The molecule has 194 valence electrons. The molecule has 0 unspecified atom stereocenters. The summed E-state index contributed by atoms with van der Waals surface area (Å²) in [5.74, 6) is -1.20. The molecular weight excluding hydrogens is 491 g/mol. The second-order valence-electron chi connectivity index (χ2n) is 9.38. The van der Waals surface area contributed by atoms with E-state index >= 15 is 0 Å². The van der Waals surface area contributed by atoms with Crippen molar-refractivity contribution >= 4 is 23.4 Å². The number of para-hydroxylation sites is 1. The number of hydrogen-bond acceptors (Lipinski definition) is 3. The van der Waals surface area contributed by atoms with Gasteiger partial charge in [-0.25, -0.2) is 4.39 Å². The molecule has 0 aliphatic heterocycles. The van der Waals surface area contributed by atoms with Crippen LogP contribution in [0.4, 0.5) is 4.39 Å². The number of rotatable bonds is 10. The zero-order chi connectivity index (χ0) is 26.0. The summed E-state index contributed by atoms with van der Waals surface area (Å²) >= 11 is 6.45. The molecule has 1 aliphatic carbocycles. The van der Waals surface area contributed by atoms with Crippen LogP contribution in [0, 0.1) is 5.82 Å². The van der Waals surface area contributed by atoms with Crippen molar-refractivity contribution in [2.45, 2.75) is 57.2 Å². The van der Waals surface area contributed by atoms with E-state index in [1.165, 1.54) is 23.5 Å². The van der Waals surface area contributed by atoms with Crippen LogP contribution in [0.15, 0.2) is 78.9 Å². The molecule has 0 bridgehead atoms. The number of amides is 2. The van der Waals surface area contributed by atoms with Crippen molar-refractivity contribution in [1.82, 2.24) is 10.2 Å². The molecule has 37 heavy (non-hydrogen) atoms. The molecule has 1 fully saturated rings. The largest absolute Gasteiger partial charge is 0.481 e. The van der Waals surface area contributed by atoms with Gasteiger partial charge in [-0.15, -0.1) is 0 Å². The Morgan fingerprint density at radius 2 is 1.62 bits per heavy atom. The maximum Gasteiger partial charge on any atom is 0.261 e. The number of hydrogen-bond donors (Lipinski definition) is 1. The molecule has 3 aromatic carbocycles. The van der Waals surface area contributed by atoms with E-state index in [2.05, 4.69) is 5.32 Å². The normalized spacial score (nSPS) is 14.5. The number of nitrogens with zero attached hydrogens (tertiary/aromatic N) is 1. The van der Waals surface area contributed by atoms with Crippen LogP contribution >= 0.6 is 11.6 Å². The molecule has 1 atom stereocenters. The van der Waals surface area contributed by atoms with Gasteiger partial charge in [-0.05, 0) is 42.2 Å². The monoisotopic (exact) mass is 522 g/mol. The van der Waals surface area contributed by atoms with E-state index in [4.69, 9.17) is 16.3 Å². The molecule has 5 nitrogen and oxygen atoms in total. The summed E-state index contributed by atoms with van der Waals surface area (Å²) in [7, 11) is 0. The first kappa shape index (κ1) is 26.7. The van der Waals surface area contributed by atoms with E-state index in [9.17, 15) is 14.0 Å². The van der Waals surface area contributed by atoms with Gasteiger partial charge in [0.25, 0.3) is 5.91 Å². The Morgan fingerprint density at radius 1 is 0.946 bits per heavy atom. The maximum atomic E-state index is 14.1. The van der Waals surface area contributed by atoms with E-state index in [1.54, 1.807) is 18.2 Å². The fraction of sp³-hybridized carbons (Fsp3) is 0.333. The average Bonchev–Trinajstić information content (AvgIpc) is 2.92. The van der Waals surface area contributed by atoms with Gasteiger partial charge in [0, 0.05) is 24.0 Å². The van der Waals surface area contributed by atoms with E-state index in [0.29, 0.717) is 17.0 Å². The molecule has 4 rings (SSSR count). The molecule has 0 saturated heterocycles. The third kappa shape index (κ3) is 7.56. The van der Waals surface area contributed by atoms with Crippen LogP contribution < -0.4 is 10.1 Å². The first-order valence-corrected chi connectivity index (χ1v) is 13.1. The molecule has 1 aliphatic rings. The van der Waals surface area contributed by atoms with E-state index in [0.717, 1.165) is 31.2 Å². The van der Waals surface area contributed by atoms with Gasteiger partial charge in [-0.1, -0.05) is 91.5 Å². The minimum atomic E-state index is -0.794. The quantitative estimate of drug-likeness (QED) is 0.358. The Morgan fingerprint density at radius 3 is 2.35 bits per heavy atom. The second-order valence-corrected chi connectivity index (χ2v) is 9.79. The van der Waals surface area contributed by atoms with E-state index < -0.39 is 24.4 Å². The van der Waals surface area contributed by atoms with Gasteiger partial charge in [0.1, 0.15) is 6.04 Å². The molecule has 7 heteroatoms. The highest BCUT2D eigenvalue weighted by atomic mass is 35.5. The number of nitrogens with one attached hydrogen (secondary N) is 1. The molecule has 0 aromatic heterocycles. The van der Waals surface area contributed by atoms with Gasteiger partial charge in [0.15, 0.2) is 18.2 Å². The van der Waals surface area contributed by atoms with Crippen LogP contribution in [-0.2, 0) is 22.6 Å². The van der Waals surface area contributed by atoms with Crippen molar-refractivity contribution in [3.8, 4) is 5.75 Å². The lowest BCUT2D eigenvalue weighted by Gasteiger charge is -2.33. The third-order valence-corrected chi connectivity index (χ3v) is 7.08. The predicted octanol–water partition coefficient (Wildman–Crippen LogP) is 5.95. The number of carbonyl (C=O) groups is 2. The highest BCUT2D eigenvalue weighted by molar-refractivity contribution is 6.31. The smallest absolute Gasteiger partial charge is 0.261 e. The first-order chi connectivity index (χ1) is 18.0. The van der Waals surface area contributed by atoms with Crippen molar-refractivity contribution in [1.29, 1.82) is 0 Å². The van der Waals surface area contributed by atoms with E-state index in [-0.39, 0.29) is 24.2 Å². The SMILES string of the molecule is O=C(NC1CCCCC1)[C@@H](Cc1ccccc1)N(Cc1ccccc1Cl)C(=O)COc1ccccc1F. The van der Waals surface area contributed by atoms with Crippen molar-refractivity contribution in [2.75, 3.05) is 6.61 Å². The van der Waals surface area contributed by atoms with Gasteiger partial charge >= 0.3 is 0 Å². The first-order valence-electron chi connectivity index (χ1n) is 12.8. The van der Waals surface area contributed by atoms with Gasteiger partial charge in [0.05, 0.1) is 0 Å². The van der Waals surface area contributed by atoms with Crippen LogP contribution in [0.5, 0.6) is 5.75 Å². The molecule has 3 aromatic rings. The summed E-state index contributed by atoms with van der Waals surface area (Å²) in [5, 5.41) is 3.69. The van der Waals surface area contributed by atoms with Crippen LogP contribution in [-0.4, -0.2) is 35.4 Å². The summed E-state index contributed by atoms with van der Waals surface area (Å²) in [6.07, 6.45) is 5.51. The third-order valence-electron chi connectivity index (χ3n) is 6.71. The lowest BCUT2D eigenvalue weighted by Crippen LogP contribution is -2.53. The Labute approximate surface area is 222 Å². The zero-order valence-corrected chi connectivity index (χ0v) is 21.5. The fourth-order valence-corrected chi connectivity index (χ4v) is 4.89. The topological polar surface area (TPSA) is 58.6 Å². The standard InChI is InChI=1S/C30H32ClFN2O3/c31-25-16-8-7-13-23(25)20-34(29(35)21-37-28-18-10-9-17-26(28)32)27(19-22-11-3-1-4-12-22)30(36)33-24-14-5-2-6-15-24/h1,3-4,7-13,16-18,24,27H,2,5-6,14-15,19-21H2,(H,33,36)/t27-/m1/s1. The van der Waals surface area contributed by atoms with E-state index in [1.807, 2.05) is 48.5 Å². The summed E-state index contributed by atoms with van der Waals surface area (Å²) in [4.78, 5) is 28.9. The number of carbonyl (C=O) groups excluding carboxylic acids is 2. The van der Waals surface area contributed by atoms with Crippen LogP contribution in [0.3, 0.4) is 0 Å². The van der Waals surface area contributed by atoms with Crippen LogP contribution in [0.25, 0.3) is 0 Å². The molecule has 0 heterocycles. The molecule has 2 amide bonds. The lowest BCUT2D eigenvalue weighted by atomic mass is 9.94. The van der Waals surface area contributed by atoms with Gasteiger partial charge in [0.2, 0.25) is 5.91 Å². The highest BCUT2D eigenvalue weighted by Crippen LogP contribution is 2.23. The summed E-state index contributed by atoms with van der Waals surface area (Å²) in [6, 6.07) is 22.1. The van der Waals surface area contributed by atoms with Gasteiger partial charge in [-0.2, -0.15) is 0 Å². The second kappa shape index (κ2) is 13.2. The number of halogens is 2. The lowest BCUT2D eigenvalue weighted by molar-refractivity contribution is -0.143. The maximum absolute atomic E-state index is 14.1. The minimum Gasteiger partial charge on any atom is -0.481 e. The van der Waals surface area contributed by atoms with Crippen molar-refractivity contribution in [3.05, 3.63) is 101 Å². The summed E-state index contributed by atoms with van der Waals surface area (Å²) in [5.41, 5.74) is 1.64. The molecule has 1 N–H and O–H groups in total. The van der Waals surface area contributed by atoms with Crippen molar-refractivity contribution < 1.29 is 18.7 Å². The number of ether oxygens (including phenoxy) is 1. The minimum absolute atomic E-state index is 0.0141. The fourth-order valence-electron chi connectivity index (χ4n) is 4.69. The average molecular weight is 523 g/mol. The van der Waals surface area contributed by atoms with Gasteiger partial charge < -0.3 is 15.0 Å². The van der Waals surface area contributed by atoms with Crippen molar-refractivity contribution in [2.24, 2.45) is 0 Å². The van der Waals surface area contributed by atoms with Gasteiger partial charge in [-0.3, -0.25) is 9.59 Å². The predicted molar refractivity (Wildman–Crippen MR) is 143 cm³/mol. The zero-order valence-electron chi connectivity index (χ0n) is 20.7. The highest BCUT2D eigenvalue weighted by Gasteiger charge is 2.32. The Bertz CT molecular complexity index is 1180. The summed E-state index contributed by atoms with van der Waals surface area (Å²) < 4.78 is 19.7. The molecule has 0 radical (unpaired) electrons. The molecule has 1 saturated carbocycles. The number of benzene rings is 3. The Balaban J connectivity index is 1.62. The Hall–Kier alpha value is -3.38. The summed E-state index contributed by atoms with van der Waals surface area (Å²) in [6.45, 7) is -0.290.